The van der Waals surface area contributed by atoms with E-state index in [1.54, 1.807) is 7.11 Å². The normalized spacial score (nSPS) is 19.3. The number of hydrogen-bond donors (Lipinski definition) is 1. The maximum Gasteiger partial charge on any atom is 0.160 e. The Morgan fingerprint density at radius 3 is 2.89 bits per heavy atom. The van der Waals surface area contributed by atoms with E-state index in [1.807, 2.05) is 11.8 Å². The molecule has 1 fully saturated rings. The third kappa shape index (κ3) is 2.72. The van der Waals surface area contributed by atoms with E-state index in [1.165, 1.54) is 24.1 Å². The minimum absolute atomic E-state index is 0.0816. The van der Waals surface area contributed by atoms with Crippen molar-refractivity contribution in [2.45, 2.75) is 43.8 Å². The largest absolute Gasteiger partial charge is 0.373 e. The Balaban J connectivity index is 1.91. The van der Waals surface area contributed by atoms with Crippen LogP contribution in [0.25, 0.3) is 0 Å². The lowest BCUT2D eigenvalue weighted by molar-refractivity contribution is 0.0771. The van der Waals surface area contributed by atoms with E-state index >= 15 is 0 Å². The molecule has 4 nitrogen and oxygen atoms in total. The van der Waals surface area contributed by atoms with Crippen molar-refractivity contribution in [1.82, 2.24) is 9.97 Å². The van der Waals surface area contributed by atoms with Crippen LogP contribution in [0, 0.1) is 5.92 Å². The molecule has 2 heterocycles. The zero-order valence-corrected chi connectivity index (χ0v) is 12.4. The van der Waals surface area contributed by atoms with Gasteiger partial charge in [0.05, 0.1) is 5.69 Å². The fourth-order valence-electron chi connectivity index (χ4n) is 2.49. The first-order valence-electron chi connectivity index (χ1n) is 7.07. The van der Waals surface area contributed by atoms with Crippen LogP contribution in [0.3, 0.4) is 0 Å². The first-order valence-corrected chi connectivity index (χ1v) is 8.23. The molecule has 0 spiro atoms. The molecular weight excluding hydrogens is 258 g/mol. The molecule has 1 saturated carbocycles. The summed E-state index contributed by atoms with van der Waals surface area (Å²) in [6, 6.07) is 0. The number of thioether (sulfide) groups is 1. The van der Waals surface area contributed by atoms with Gasteiger partial charge in [-0.1, -0.05) is 6.92 Å². The molecule has 5 heteroatoms. The quantitative estimate of drug-likeness (QED) is 0.867. The van der Waals surface area contributed by atoms with E-state index in [-0.39, 0.29) is 6.10 Å². The van der Waals surface area contributed by atoms with Crippen molar-refractivity contribution in [3.8, 4) is 0 Å². The van der Waals surface area contributed by atoms with E-state index < -0.39 is 0 Å². The number of rotatable bonds is 6. The highest BCUT2D eigenvalue weighted by Crippen LogP contribution is 2.43. The first-order chi connectivity index (χ1) is 9.33. The second kappa shape index (κ2) is 5.67. The predicted molar refractivity (Wildman–Crippen MR) is 78.3 cm³/mol. The predicted octanol–water partition coefficient (Wildman–Crippen LogP) is 3.14. The molecule has 3 rings (SSSR count). The molecule has 19 heavy (non-hydrogen) atoms. The highest BCUT2D eigenvalue weighted by atomic mass is 32.2. The van der Waals surface area contributed by atoms with Gasteiger partial charge in [0, 0.05) is 30.7 Å². The molecule has 0 aromatic carbocycles. The molecule has 1 aromatic rings. The third-order valence-corrected chi connectivity index (χ3v) is 4.67. The maximum atomic E-state index is 5.62. The van der Waals surface area contributed by atoms with Crippen molar-refractivity contribution >= 4 is 17.6 Å². The molecule has 1 aliphatic heterocycles. The number of nitrogens with zero attached hydrogens (tertiary/aromatic N) is 2. The summed E-state index contributed by atoms with van der Waals surface area (Å²) in [5, 5.41) is 3.45. The van der Waals surface area contributed by atoms with Crippen LogP contribution in [0.5, 0.6) is 0 Å². The third-order valence-electron chi connectivity index (χ3n) is 3.70. The molecule has 0 saturated heterocycles. The number of nitrogens with one attached hydrogen (secondary N) is 1. The van der Waals surface area contributed by atoms with Gasteiger partial charge in [-0.15, -0.1) is 0 Å². The minimum Gasteiger partial charge on any atom is -0.373 e. The Labute approximate surface area is 118 Å². The molecule has 1 aromatic heterocycles. The zero-order valence-electron chi connectivity index (χ0n) is 11.6. The van der Waals surface area contributed by atoms with Crippen LogP contribution in [-0.4, -0.2) is 23.6 Å². The van der Waals surface area contributed by atoms with Crippen LogP contribution >= 0.6 is 11.8 Å². The van der Waals surface area contributed by atoms with Crippen molar-refractivity contribution < 1.29 is 4.74 Å². The monoisotopic (exact) mass is 279 g/mol. The topological polar surface area (TPSA) is 47.0 Å². The van der Waals surface area contributed by atoms with Crippen molar-refractivity contribution in [1.29, 1.82) is 0 Å². The molecule has 1 unspecified atom stereocenters. The van der Waals surface area contributed by atoms with Gasteiger partial charge < -0.3 is 10.1 Å². The molecule has 1 N–H and O–H groups in total. The Morgan fingerprint density at radius 2 is 2.21 bits per heavy atom. The van der Waals surface area contributed by atoms with Gasteiger partial charge >= 0.3 is 0 Å². The molecule has 104 valence electrons. The first kappa shape index (κ1) is 13.2. The van der Waals surface area contributed by atoms with E-state index in [9.17, 15) is 0 Å². The lowest BCUT2D eigenvalue weighted by atomic mass is 10.2. The van der Waals surface area contributed by atoms with Gasteiger partial charge in [0.1, 0.15) is 11.9 Å². The van der Waals surface area contributed by atoms with Crippen LogP contribution in [0.2, 0.25) is 0 Å². The van der Waals surface area contributed by atoms with Crippen LogP contribution < -0.4 is 5.32 Å². The Kier molecular flexibility index (Phi) is 3.93. The van der Waals surface area contributed by atoms with Gasteiger partial charge in [-0.2, -0.15) is 11.8 Å². The maximum absolute atomic E-state index is 5.62. The number of ether oxygens (including phenoxy) is 1. The molecule has 0 amide bonds. The zero-order chi connectivity index (χ0) is 13.2. The Bertz CT molecular complexity index is 462. The fraction of sp³-hybridized carbons (Fsp3) is 0.714. The smallest absolute Gasteiger partial charge is 0.160 e. The summed E-state index contributed by atoms with van der Waals surface area (Å²) in [4.78, 5) is 9.51. The minimum atomic E-state index is 0.0816. The van der Waals surface area contributed by atoms with Gasteiger partial charge in [0.15, 0.2) is 5.82 Å². The summed E-state index contributed by atoms with van der Waals surface area (Å²) in [7, 11) is 1.77. The van der Waals surface area contributed by atoms with Crippen LogP contribution in [0.4, 0.5) is 5.82 Å². The van der Waals surface area contributed by atoms with Gasteiger partial charge in [0.25, 0.3) is 0 Å². The number of aromatic nitrogens is 2. The average Bonchev–Trinajstić information content (AvgIpc) is 3.13. The summed E-state index contributed by atoms with van der Waals surface area (Å²) in [5.74, 6) is 4.57. The van der Waals surface area contributed by atoms with Gasteiger partial charge in [0.2, 0.25) is 0 Å². The summed E-state index contributed by atoms with van der Waals surface area (Å²) in [6.45, 7) is 3.14. The van der Waals surface area contributed by atoms with Gasteiger partial charge in [-0.05, 0) is 25.2 Å². The SMILES string of the molecule is CCCNc1nc(C(OC)C2CC2)nc2c1CSC2. The summed E-state index contributed by atoms with van der Waals surface area (Å²) >= 11 is 1.92. The van der Waals surface area contributed by atoms with Gasteiger partial charge in [-0.3, -0.25) is 0 Å². The second-order valence-corrected chi connectivity index (χ2v) is 6.25. The van der Waals surface area contributed by atoms with Crippen LogP contribution in [0.1, 0.15) is 49.4 Å². The summed E-state index contributed by atoms with van der Waals surface area (Å²) in [6.07, 6.45) is 3.67. The van der Waals surface area contributed by atoms with E-state index in [4.69, 9.17) is 14.7 Å². The van der Waals surface area contributed by atoms with E-state index in [2.05, 4.69) is 12.2 Å². The van der Waals surface area contributed by atoms with Crippen LogP contribution in [-0.2, 0) is 16.2 Å². The molecular formula is C14H21N3OS. The molecule has 1 aliphatic carbocycles. The van der Waals surface area contributed by atoms with Crippen molar-refractivity contribution in [3.63, 3.8) is 0 Å². The number of methoxy groups -OCH3 is 1. The fourth-order valence-corrected chi connectivity index (χ4v) is 3.54. The van der Waals surface area contributed by atoms with Crippen LogP contribution in [0.15, 0.2) is 0 Å². The standard InChI is InChI=1S/C14H21N3OS/c1-3-6-15-13-10-7-19-8-11(10)16-14(17-13)12(18-2)9-4-5-9/h9,12H,3-8H2,1-2H3,(H,15,16,17). The Morgan fingerprint density at radius 1 is 1.37 bits per heavy atom. The highest BCUT2D eigenvalue weighted by molar-refractivity contribution is 7.98. The Hall–Kier alpha value is -0.810. The van der Waals surface area contributed by atoms with Crippen molar-refractivity contribution in [3.05, 3.63) is 17.1 Å². The number of hydrogen-bond acceptors (Lipinski definition) is 5. The number of anilines is 1. The van der Waals surface area contributed by atoms with Crippen molar-refractivity contribution in [2.75, 3.05) is 19.0 Å². The van der Waals surface area contributed by atoms with E-state index in [0.29, 0.717) is 5.92 Å². The van der Waals surface area contributed by atoms with Gasteiger partial charge in [-0.25, -0.2) is 9.97 Å². The summed E-state index contributed by atoms with van der Waals surface area (Å²) < 4.78 is 5.62. The number of fused-ring (bicyclic) bond motifs is 1. The molecule has 1 atom stereocenters. The molecule has 0 bridgehead atoms. The van der Waals surface area contributed by atoms with E-state index in [0.717, 1.165) is 36.1 Å². The highest BCUT2D eigenvalue weighted by Gasteiger charge is 2.35. The average molecular weight is 279 g/mol. The molecule has 2 aliphatic rings. The summed E-state index contributed by atoms with van der Waals surface area (Å²) in [5.41, 5.74) is 2.50. The second-order valence-electron chi connectivity index (χ2n) is 5.27. The lowest BCUT2D eigenvalue weighted by Gasteiger charge is -2.16. The molecule has 0 radical (unpaired) electrons. The van der Waals surface area contributed by atoms with Crippen molar-refractivity contribution in [2.24, 2.45) is 5.92 Å². The lowest BCUT2D eigenvalue weighted by Crippen LogP contribution is -2.14.